The second-order valence-electron chi connectivity index (χ2n) is 5.03. The summed E-state index contributed by atoms with van der Waals surface area (Å²) in [4.78, 5) is 16.8. The Morgan fingerprint density at radius 3 is 2.92 bits per heavy atom. The van der Waals surface area contributed by atoms with Crippen LogP contribution in [0.4, 0.5) is 11.4 Å². The Hall–Kier alpha value is -2.87. The second kappa shape index (κ2) is 7.14. The van der Waals surface area contributed by atoms with Crippen LogP contribution in [0.15, 0.2) is 35.7 Å². The van der Waals surface area contributed by atoms with Gasteiger partial charge in [-0.2, -0.15) is 5.10 Å². The van der Waals surface area contributed by atoms with Crippen LogP contribution in [0.1, 0.15) is 12.7 Å². The molecule has 0 saturated carbocycles. The first-order valence-electron chi connectivity index (χ1n) is 7.30. The molecule has 2 heterocycles. The van der Waals surface area contributed by atoms with Crippen LogP contribution in [0.25, 0.3) is 10.7 Å². The van der Waals surface area contributed by atoms with Crippen molar-refractivity contribution < 1.29 is 9.53 Å². The van der Waals surface area contributed by atoms with Gasteiger partial charge >= 0.3 is 0 Å². The number of methoxy groups -OCH3 is 1. The van der Waals surface area contributed by atoms with E-state index >= 15 is 0 Å². The van der Waals surface area contributed by atoms with Gasteiger partial charge in [-0.05, 0) is 23.6 Å². The molecule has 0 bridgehead atoms. The number of aromatic amines is 1. The maximum atomic E-state index is 11.3. The van der Waals surface area contributed by atoms with E-state index in [2.05, 4.69) is 25.8 Å². The molecule has 2 aromatic heterocycles. The third-order valence-corrected chi connectivity index (χ3v) is 4.12. The van der Waals surface area contributed by atoms with E-state index < -0.39 is 0 Å². The molecule has 0 aliphatic rings. The van der Waals surface area contributed by atoms with Gasteiger partial charge in [-0.1, -0.05) is 6.07 Å². The lowest BCUT2D eigenvalue weighted by molar-refractivity contribution is -0.114. The number of anilines is 2. The summed E-state index contributed by atoms with van der Waals surface area (Å²) >= 11 is 1.59. The van der Waals surface area contributed by atoms with Gasteiger partial charge in [-0.25, -0.2) is 4.98 Å². The lowest BCUT2D eigenvalue weighted by atomic mass is 10.2. The molecule has 0 unspecified atom stereocenters. The zero-order valence-corrected chi connectivity index (χ0v) is 14.1. The third-order valence-electron chi connectivity index (χ3n) is 3.26. The smallest absolute Gasteiger partial charge is 0.221 e. The molecule has 3 aromatic rings. The average Bonchev–Trinajstić information content (AvgIpc) is 3.24. The minimum atomic E-state index is -0.136. The fourth-order valence-electron chi connectivity index (χ4n) is 2.16. The molecule has 0 radical (unpaired) electrons. The van der Waals surface area contributed by atoms with Crippen LogP contribution in [-0.2, 0) is 11.3 Å². The molecule has 0 aliphatic heterocycles. The zero-order chi connectivity index (χ0) is 16.9. The number of hydrogen-bond acceptors (Lipinski definition) is 6. The molecule has 24 heavy (non-hydrogen) atoms. The van der Waals surface area contributed by atoms with Crippen LogP contribution in [-0.4, -0.2) is 28.2 Å². The Morgan fingerprint density at radius 1 is 1.33 bits per heavy atom. The minimum absolute atomic E-state index is 0.136. The molecule has 7 nitrogen and oxygen atoms in total. The molecule has 0 saturated heterocycles. The number of hydrogen-bond donors (Lipinski definition) is 3. The van der Waals surface area contributed by atoms with Crippen molar-refractivity contribution in [1.29, 1.82) is 0 Å². The molecule has 124 valence electrons. The van der Waals surface area contributed by atoms with Gasteiger partial charge in [0, 0.05) is 13.0 Å². The largest absolute Gasteiger partial charge is 0.497 e. The maximum absolute atomic E-state index is 11.3. The van der Waals surface area contributed by atoms with E-state index in [1.165, 1.54) is 6.92 Å². The minimum Gasteiger partial charge on any atom is -0.497 e. The molecule has 0 aliphatic carbocycles. The predicted molar refractivity (Wildman–Crippen MR) is 94.3 cm³/mol. The summed E-state index contributed by atoms with van der Waals surface area (Å²) in [6, 6.07) is 9.34. The zero-order valence-electron chi connectivity index (χ0n) is 13.3. The highest BCUT2D eigenvalue weighted by Crippen LogP contribution is 2.27. The summed E-state index contributed by atoms with van der Waals surface area (Å²) < 4.78 is 5.23. The van der Waals surface area contributed by atoms with Gasteiger partial charge in [0.05, 0.1) is 29.9 Å². The van der Waals surface area contributed by atoms with E-state index in [1.807, 2.05) is 23.6 Å². The number of benzene rings is 1. The van der Waals surface area contributed by atoms with E-state index in [1.54, 1.807) is 30.6 Å². The van der Waals surface area contributed by atoms with Crippen molar-refractivity contribution in [1.82, 2.24) is 15.2 Å². The van der Waals surface area contributed by atoms with Gasteiger partial charge in [-0.3, -0.25) is 9.89 Å². The first-order valence-corrected chi connectivity index (χ1v) is 8.18. The van der Waals surface area contributed by atoms with Crippen LogP contribution in [0.5, 0.6) is 5.75 Å². The molecule has 1 amide bonds. The Labute approximate surface area is 143 Å². The fraction of sp³-hybridized carbons (Fsp3) is 0.188. The Bertz CT molecular complexity index is 829. The Kier molecular flexibility index (Phi) is 4.76. The van der Waals surface area contributed by atoms with Gasteiger partial charge < -0.3 is 15.4 Å². The number of carbonyl (C=O) groups excluding carboxylic acids is 1. The van der Waals surface area contributed by atoms with Crippen molar-refractivity contribution in [2.75, 3.05) is 17.7 Å². The Morgan fingerprint density at radius 2 is 2.21 bits per heavy atom. The first kappa shape index (κ1) is 16.0. The highest BCUT2D eigenvalue weighted by atomic mass is 32.1. The Balaban J connectivity index is 1.74. The topological polar surface area (TPSA) is 91.9 Å². The van der Waals surface area contributed by atoms with Crippen molar-refractivity contribution in [3.8, 4) is 16.5 Å². The summed E-state index contributed by atoms with van der Waals surface area (Å²) in [7, 11) is 1.60. The van der Waals surface area contributed by atoms with Crippen molar-refractivity contribution in [2.24, 2.45) is 0 Å². The van der Waals surface area contributed by atoms with Crippen LogP contribution < -0.4 is 15.4 Å². The van der Waals surface area contributed by atoms with Gasteiger partial charge in [0.2, 0.25) is 5.91 Å². The van der Waals surface area contributed by atoms with Gasteiger partial charge in [0.25, 0.3) is 0 Å². The average molecular weight is 343 g/mol. The standard InChI is InChI=1S/C16H17N5O2S/c1-10(22)18-12-6-5-11(23-2)8-13(12)17-9-15-19-16(21-20-15)14-4-3-7-24-14/h3-8,17H,9H2,1-2H3,(H,18,22)(H,19,20,21). The second-order valence-corrected chi connectivity index (χ2v) is 5.98. The molecule has 1 aromatic carbocycles. The normalized spacial score (nSPS) is 10.4. The highest BCUT2D eigenvalue weighted by Gasteiger charge is 2.09. The molecule has 3 N–H and O–H groups in total. The summed E-state index contributed by atoms with van der Waals surface area (Å²) in [5.41, 5.74) is 1.43. The van der Waals surface area contributed by atoms with Gasteiger partial charge in [0.1, 0.15) is 11.6 Å². The summed E-state index contributed by atoms with van der Waals surface area (Å²) in [6.07, 6.45) is 0. The monoisotopic (exact) mass is 343 g/mol. The number of thiophene rings is 1. The van der Waals surface area contributed by atoms with Crippen LogP contribution in [0, 0.1) is 0 Å². The number of carbonyl (C=O) groups is 1. The lowest BCUT2D eigenvalue weighted by Crippen LogP contribution is -2.10. The van der Waals surface area contributed by atoms with Crippen LogP contribution >= 0.6 is 11.3 Å². The molecule has 8 heteroatoms. The van der Waals surface area contributed by atoms with Crippen LogP contribution in [0.2, 0.25) is 0 Å². The van der Waals surface area contributed by atoms with Crippen molar-refractivity contribution in [2.45, 2.75) is 13.5 Å². The number of aromatic nitrogens is 3. The maximum Gasteiger partial charge on any atom is 0.221 e. The number of H-pyrrole nitrogens is 1. The van der Waals surface area contributed by atoms with Crippen molar-refractivity contribution in [3.05, 3.63) is 41.5 Å². The van der Waals surface area contributed by atoms with E-state index in [-0.39, 0.29) is 5.91 Å². The number of ether oxygens (including phenoxy) is 1. The summed E-state index contributed by atoms with van der Waals surface area (Å²) in [6.45, 7) is 1.91. The van der Waals surface area contributed by atoms with E-state index in [0.29, 0.717) is 29.6 Å². The van der Waals surface area contributed by atoms with E-state index in [0.717, 1.165) is 10.6 Å². The van der Waals surface area contributed by atoms with Crippen LogP contribution in [0.3, 0.4) is 0 Å². The molecule has 0 atom stereocenters. The quantitative estimate of drug-likeness (QED) is 0.639. The van der Waals surface area contributed by atoms with Gasteiger partial charge in [0.15, 0.2) is 5.82 Å². The van der Waals surface area contributed by atoms with Gasteiger partial charge in [-0.15, -0.1) is 11.3 Å². The third kappa shape index (κ3) is 3.72. The first-order chi connectivity index (χ1) is 11.7. The molecule has 0 fully saturated rings. The summed E-state index contributed by atoms with van der Waals surface area (Å²) in [5, 5.41) is 15.1. The molecule has 3 rings (SSSR count). The molecular formula is C16H17N5O2S. The number of rotatable bonds is 6. The van der Waals surface area contributed by atoms with Crippen molar-refractivity contribution in [3.63, 3.8) is 0 Å². The SMILES string of the molecule is COc1ccc(NC(C)=O)c(NCc2nc(-c3cccs3)n[nH]2)c1. The van der Waals surface area contributed by atoms with E-state index in [9.17, 15) is 4.79 Å². The predicted octanol–water partition coefficient (Wildman–Crippen LogP) is 3.11. The summed E-state index contributed by atoms with van der Waals surface area (Å²) in [5.74, 6) is 1.94. The number of amides is 1. The number of nitrogens with one attached hydrogen (secondary N) is 3. The van der Waals surface area contributed by atoms with E-state index in [4.69, 9.17) is 4.74 Å². The highest BCUT2D eigenvalue weighted by molar-refractivity contribution is 7.13. The fourth-order valence-corrected chi connectivity index (χ4v) is 2.82. The molecule has 0 spiro atoms. The lowest BCUT2D eigenvalue weighted by Gasteiger charge is -2.13. The van der Waals surface area contributed by atoms with Crippen molar-refractivity contribution >= 4 is 28.6 Å². The molecular weight excluding hydrogens is 326 g/mol. The number of nitrogens with zero attached hydrogens (tertiary/aromatic N) is 2.